The molecule has 0 spiro atoms. The molecule has 0 unspecified atom stereocenters. The van der Waals surface area contributed by atoms with Crippen LogP contribution in [0.3, 0.4) is 0 Å². The van der Waals surface area contributed by atoms with Crippen molar-refractivity contribution in [1.82, 2.24) is 10.3 Å². The van der Waals surface area contributed by atoms with E-state index in [1.165, 1.54) is 5.56 Å². The van der Waals surface area contributed by atoms with Gasteiger partial charge < -0.3 is 11.1 Å². The average Bonchev–Trinajstić information content (AvgIpc) is 2.88. The number of hydrogen-bond acceptors (Lipinski definition) is 4. The molecule has 1 aromatic carbocycles. The van der Waals surface area contributed by atoms with E-state index in [0.717, 1.165) is 43.2 Å². The molecule has 0 saturated carbocycles. The van der Waals surface area contributed by atoms with Crippen LogP contribution < -0.4 is 11.1 Å². The third-order valence-electron chi connectivity index (χ3n) is 2.71. The van der Waals surface area contributed by atoms with Gasteiger partial charge in [0, 0.05) is 17.5 Å². The topological polar surface area (TPSA) is 50.9 Å². The highest BCUT2D eigenvalue weighted by atomic mass is 32.1. The molecule has 0 atom stereocenters. The summed E-state index contributed by atoms with van der Waals surface area (Å²) in [5, 5.41) is 6.65. The standard InChI is InChI=1S/C14H19N3S/c15-8-4-5-9-16-10-14-17-13(11-18-14)12-6-2-1-3-7-12/h1-3,6-7,11,16H,4-5,8-10,15H2. The van der Waals surface area contributed by atoms with Gasteiger partial charge in [-0.25, -0.2) is 4.98 Å². The smallest absolute Gasteiger partial charge is 0.107 e. The van der Waals surface area contributed by atoms with E-state index in [0.29, 0.717) is 0 Å². The van der Waals surface area contributed by atoms with Gasteiger partial charge in [-0.3, -0.25) is 0 Å². The molecule has 18 heavy (non-hydrogen) atoms. The Morgan fingerprint density at radius 2 is 2.00 bits per heavy atom. The van der Waals surface area contributed by atoms with E-state index in [1.807, 2.05) is 18.2 Å². The van der Waals surface area contributed by atoms with Gasteiger partial charge >= 0.3 is 0 Å². The van der Waals surface area contributed by atoms with Crippen molar-refractivity contribution < 1.29 is 0 Å². The zero-order valence-electron chi connectivity index (χ0n) is 10.4. The molecule has 2 aromatic rings. The predicted octanol–water partition coefficient (Wildman–Crippen LogP) is 2.64. The fourth-order valence-electron chi connectivity index (χ4n) is 1.72. The molecule has 0 fully saturated rings. The summed E-state index contributed by atoms with van der Waals surface area (Å²) in [6, 6.07) is 10.3. The summed E-state index contributed by atoms with van der Waals surface area (Å²) >= 11 is 1.71. The summed E-state index contributed by atoms with van der Waals surface area (Å²) in [6.45, 7) is 2.64. The minimum absolute atomic E-state index is 0.775. The van der Waals surface area contributed by atoms with Crippen molar-refractivity contribution >= 4 is 11.3 Å². The van der Waals surface area contributed by atoms with Gasteiger partial charge in [0.2, 0.25) is 0 Å². The minimum Gasteiger partial charge on any atom is -0.330 e. The zero-order valence-corrected chi connectivity index (χ0v) is 11.2. The number of benzene rings is 1. The Hall–Kier alpha value is -1.23. The number of nitrogens with one attached hydrogen (secondary N) is 1. The normalized spacial score (nSPS) is 10.7. The maximum absolute atomic E-state index is 5.45. The Morgan fingerprint density at radius 3 is 2.78 bits per heavy atom. The van der Waals surface area contributed by atoms with E-state index < -0.39 is 0 Å². The molecule has 2 rings (SSSR count). The molecule has 0 saturated heterocycles. The second-order valence-electron chi connectivity index (χ2n) is 4.17. The Labute approximate surface area is 112 Å². The van der Waals surface area contributed by atoms with Crippen LogP contribution in [-0.4, -0.2) is 18.1 Å². The van der Waals surface area contributed by atoms with Gasteiger partial charge in [-0.1, -0.05) is 30.3 Å². The maximum atomic E-state index is 5.45. The van der Waals surface area contributed by atoms with Crippen LogP contribution in [0.5, 0.6) is 0 Å². The number of hydrogen-bond donors (Lipinski definition) is 2. The Morgan fingerprint density at radius 1 is 1.17 bits per heavy atom. The first-order chi connectivity index (χ1) is 8.90. The molecule has 0 radical (unpaired) electrons. The molecule has 0 aliphatic heterocycles. The summed E-state index contributed by atoms with van der Waals surface area (Å²) in [6.07, 6.45) is 2.22. The first-order valence-corrected chi connectivity index (χ1v) is 7.18. The van der Waals surface area contributed by atoms with Crippen LogP contribution in [0.4, 0.5) is 0 Å². The Kier molecular flexibility index (Phi) is 5.33. The number of rotatable bonds is 7. The van der Waals surface area contributed by atoms with Crippen LogP contribution in [0, 0.1) is 0 Å². The molecule has 1 aromatic heterocycles. The van der Waals surface area contributed by atoms with Crippen molar-refractivity contribution in [2.75, 3.05) is 13.1 Å². The molecule has 0 bridgehead atoms. The Bertz CT molecular complexity index is 453. The van der Waals surface area contributed by atoms with E-state index in [1.54, 1.807) is 11.3 Å². The van der Waals surface area contributed by atoms with Gasteiger partial charge in [-0.15, -0.1) is 11.3 Å². The van der Waals surface area contributed by atoms with Gasteiger partial charge in [0.25, 0.3) is 0 Å². The van der Waals surface area contributed by atoms with E-state index >= 15 is 0 Å². The fourth-order valence-corrected chi connectivity index (χ4v) is 2.50. The summed E-state index contributed by atoms with van der Waals surface area (Å²) < 4.78 is 0. The molecule has 96 valence electrons. The van der Waals surface area contributed by atoms with Crippen LogP contribution in [0.25, 0.3) is 11.3 Å². The van der Waals surface area contributed by atoms with Crippen molar-refractivity contribution in [3.05, 3.63) is 40.7 Å². The van der Waals surface area contributed by atoms with Crippen molar-refractivity contribution in [3.8, 4) is 11.3 Å². The highest BCUT2D eigenvalue weighted by molar-refractivity contribution is 7.09. The van der Waals surface area contributed by atoms with Crippen LogP contribution in [0.15, 0.2) is 35.7 Å². The monoisotopic (exact) mass is 261 g/mol. The summed E-state index contributed by atoms with van der Waals surface area (Å²) in [5.74, 6) is 0. The van der Waals surface area contributed by atoms with Crippen LogP contribution >= 0.6 is 11.3 Å². The summed E-state index contributed by atoms with van der Waals surface area (Å²) in [5.41, 5.74) is 7.70. The highest BCUT2D eigenvalue weighted by Gasteiger charge is 2.03. The molecule has 4 heteroatoms. The van der Waals surface area contributed by atoms with Crippen LogP contribution in [-0.2, 0) is 6.54 Å². The number of unbranched alkanes of at least 4 members (excludes halogenated alkanes) is 1. The van der Waals surface area contributed by atoms with Gasteiger partial charge in [0.1, 0.15) is 5.01 Å². The lowest BCUT2D eigenvalue weighted by atomic mass is 10.2. The number of thiazole rings is 1. The van der Waals surface area contributed by atoms with Crippen molar-refractivity contribution in [3.63, 3.8) is 0 Å². The zero-order chi connectivity index (χ0) is 12.6. The van der Waals surface area contributed by atoms with Gasteiger partial charge in [0.15, 0.2) is 0 Å². The van der Waals surface area contributed by atoms with Crippen molar-refractivity contribution in [2.24, 2.45) is 5.73 Å². The van der Waals surface area contributed by atoms with E-state index in [2.05, 4.69) is 27.8 Å². The second-order valence-corrected chi connectivity index (χ2v) is 5.11. The summed E-state index contributed by atoms with van der Waals surface area (Å²) in [4.78, 5) is 4.63. The van der Waals surface area contributed by atoms with Gasteiger partial charge in [-0.05, 0) is 25.9 Å². The lowest BCUT2D eigenvalue weighted by molar-refractivity contribution is 0.626. The Balaban J connectivity index is 1.83. The first-order valence-electron chi connectivity index (χ1n) is 6.31. The maximum Gasteiger partial charge on any atom is 0.107 e. The molecule has 0 aliphatic carbocycles. The van der Waals surface area contributed by atoms with Gasteiger partial charge in [-0.2, -0.15) is 0 Å². The third kappa shape index (κ3) is 3.91. The lowest BCUT2D eigenvalue weighted by Crippen LogP contribution is -2.15. The predicted molar refractivity (Wildman–Crippen MR) is 77.5 cm³/mol. The van der Waals surface area contributed by atoms with Crippen molar-refractivity contribution in [1.29, 1.82) is 0 Å². The largest absolute Gasteiger partial charge is 0.330 e. The first kappa shape index (κ1) is 13.2. The average molecular weight is 261 g/mol. The van der Waals surface area contributed by atoms with E-state index in [4.69, 9.17) is 5.73 Å². The lowest BCUT2D eigenvalue weighted by Gasteiger charge is -2.00. The van der Waals surface area contributed by atoms with E-state index in [-0.39, 0.29) is 0 Å². The fraction of sp³-hybridized carbons (Fsp3) is 0.357. The number of nitrogens with zero attached hydrogens (tertiary/aromatic N) is 1. The molecule has 0 amide bonds. The van der Waals surface area contributed by atoms with Gasteiger partial charge in [0.05, 0.1) is 5.69 Å². The molecular weight excluding hydrogens is 242 g/mol. The number of aromatic nitrogens is 1. The quantitative estimate of drug-likeness (QED) is 0.753. The second kappa shape index (κ2) is 7.26. The van der Waals surface area contributed by atoms with Crippen LogP contribution in [0.2, 0.25) is 0 Å². The highest BCUT2D eigenvalue weighted by Crippen LogP contribution is 2.21. The molecular formula is C14H19N3S. The van der Waals surface area contributed by atoms with Crippen molar-refractivity contribution in [2.45, 2.75) is 19.4 Å². The molecule has 1 heterocycles. The minimum atomic E-state index is 0.775. The van der Waals surface area contributed by atoms with Crippen LogP contribution in [0.1, 0.15) is 17.8 Å². The molecule has 3 N–H and O–H groups in total. The molecule has 0 aliphatic rings. The SMILES string of the molecule is NCCCCNCc1nc(-c2ccccc2)cs1. The number of nitrogens with two attached hydrogens (primary N) is 1. The third-order valence-corrected chi connectivity index (χ3v) is 3.55. The summed E-state index contributed by atoms with van der Waals surface area (Å²) in [7, 11) is 0. The van der Waals surface area contributed by atoms with E-state index in [9.17, 15) is 0 Å². The molecule has 3 nitrogen and oxygen atoms in total.